The summed E-state index contributed by atoms with van der Waals surface area (Å²) in [5, 5.41) is 0. The Hall–Kier alpha value is -1.39. The van der Waals surface area contributed by atoms with Crippen molar-refractivity contribution in [3.8, 4) is 0 Å². The predicted octanol–water partition coefficient (Wildman–Crippen LogP) is 1.55. The summed E-state index contributed by atoms with van der Waals surface area (Å²) in [6.45, 7) is 3.69. The molecule has 15 heavy (non-hydrogen) atoms. The second kappa shape index (κ2) is 7.96. The zero-order chi connectivity index (χ0) is 11.7. The normalized spacial score (nSPS) is 9.47. The van der Waals surface area contributed by atoms with Crippen LogP contribution in [0.1, 0.15) is 46.0 Å². The molecule has 0 N–H and O–H groups in total. The lowest BCUT2D eigenvalue weighted by atomic mass is 10.2. The van der Waals surface area contributed by atoms with Crippen molar-refractivity contribution < 1.29 is 24.2 Å². The van der Waals surface area contributed by atoms with E-state index in [0.717, 1.165) is 6.42 Å². The van der Waals surface area contributed by atoms with Crippen molar-refractivity contribution in [3.05, 3.63) is 0 Å². The van der Waals surface area contributed by atoms with Gasteiger partial charge in [0.1, 0.15) is 0 Å². The first kappa shape index (κ1) is 13.6. The van der Waals surface area contributed by atoms with Crippen molar-refractivity contribution in [2.24, 2.45) is 0 Å². The third-order valence-electron chi connectivity index (χ3n) is 1.65. The van der Waals surface area contributed by atoms with Crippen molar-refractivity contribution in [2.75, 3.05) is 0 Å². The van der Waals surface area contributed by atoms with Crippen molar-refractivity contribution in [1.29, 1.82) is 0 Å². The van der Waals surface area contributed by atoms with Crippen LogP contribution in [0, 0.1) is 0 Å². The fourth-order valence-corrected chi connectivity index (χ4v) is 0.816. The average molecular weight is 216 g/mol. The summed E-state index contributed by atoms with van der Waals surface area (Å²) in [6.07, 6.45) is 2.32. The Balaban J connectivity index is 3.73. The first-order chi connectivity index (χ1) is 7.11. The molecule has 0 atom stereocenters. The molecule has 0 aromatic rings. The van der Waals surface area contributed by atoms with Crippen LogP contribution in [-0.4, -0.2) is 17.7 Å². The van der Waals surface area contributed by atoms with Gasteiger partial charge in [0.05, 0.1) is 0 Å². The van der Waals surface area contributed by atoms with Gasteiger partial charge in [-0.2, -0.15) is 0 Å². The number of carbonyl (C=O) groups is 3. The maximum absolute atomic E-state index is 11.0. The molecule has 0 amide bonds. The third kappa shape index (κ3) is 6.65. The summed E-state index contributed by atoms with van der Waals surface area (Å²) in [5.74, 6) is -2.41. The summed E-state index contributed by atoms with van der Waals surface area (Å²) in [4.78, 5) is 40.9. The van der Waals surface area contributed by atoms with Gasteiger partial charge < -0.3 is 0 Å². The van der Waals surface area contributed by atoms with Gasteiger partial charge in [-0.05, 0) is 12.8 Å². The zero-order valence-corrected chi connectivity index (χ0v) is 9.08. The summed E-state index contributed by atoms with van der Waals surface area (Å²) in [5.41, 5.74) is 0. The van der Waals surface area contributed by atoms with Crippen LogP contribution in [0.5, 0.6) is 0 Å². The molecule has 0 saturated heterocycles. The largest absolute Gasteiger partial charge is 0.421 e. The lowest BCUT2D eigenvalue weighted by Crippen LogP contribution is -2.19. The molecule has 0 radical (unpaired) electrons. The third-order valence-corrected chi connectivity index (χ3v) is 1.65. The maximum Gasteiger partial charge on any atom is 0.421 e. The van der Waals surface area contributed by atoms with Gasteiger partial charge >= 0.3 is 11.9 Å². The van der Waals surface area contributed by atoms with Gasteiger partial charge in [-0.25, -0.2) is 19.4 Å². The Labute approximate surface area is 88.7 Å². The van der Waals surface area contributed by atoms with Crippen molar-refractivity contribution in [1.82, 2.24) is 0 Å². The molecule has 0 saturated carbocycles. The minimum atomic E-state index is -1.10. The van der Waals surface area contributed by atoms with E-state index in [4.69, 9.17) is 0 Å². The first-order valence-corrected chi connectivity index (χ1v) is 5.06. The van der Waals surface area contributed by atoms with Gasteiger partial charge in [-0.1, -0.05) is 20.3 Å². The number of ketones is 1. The Morgan fingerprint density at radius 2 is 1.60 bits per heavy atom. The molecule has 0 rings (SSSR count). The SMILES string of the molecule is CCCCC(=O)C(=O)OOC(=O)CCC. The maximum atomic E-state index is 11.0. The zero-order valence-electron chi connectivity index (χ0n) is 9.08. The predicted molar refractivity (Wildman–Crippen MR) is 51.6 cm³/mol. The van der Waals surface area contributed by atoms with Crippen LogP contribution < -0.4 is 0 Å². The van der Waals surface area contributed by atoms with E-state index >= 15 is 0 Å². The van der Waals surface area contributed by atoms with Crippen molar-refractivity contribution in [2.45, 2.75) is 46.0 Å². The van der Waals surface area contributed by atoms with E-state index in [-0.39, 0.29) is 12.8 Å². The highest BCUT2D eigenvalue weighted by molar-refractivity contribution is 6.33. The number of carbonyl (C=O) groups excluding carboxylic acids is 3. The van der Waals surface area contributed by atoms with E-state index < -0.39 is 17.7 Å². The van der Waals surface area contributed by atoms with Crippen molar-refractivity contribution in [3.63, 3.8) is 0 Å². The highest BCUT2D eigenvalue weighted by Crippen LogP contribution is 1.98. The number of Topliss-reactive ketones (excluding diaryl/α,β-unsaturated/α-hetero) is 1. The lowest BCUT2D eigenvalue weighted by molar-refractivity contribution is -0.256. The lowest BCUT2D eigenvalue weighted by Gasteiger charge is -2.01. The smallest absolute Gasteiger partial charge is 0.287 e. The Kier molecular flexibility index (Phi) is 7.23. The van der Waals surface area contributed by atoms with Crippen LogP contribution in [0.25, 0.3) is 0 Å². The minimum Gasteiger partial charge on any atom is -0.287 e. The molecule has 0 spiro atoms. The van der Waals surface area contributed by atoms with Gasteiger partial charge in [-0.3, -0.25) is 4.79 Å². The minimum absolute atomic E-state index is 0.126. The van der Waals surface area contributed by atoms with Gasteiger partial charge in [0.2, 0.25) is 5.78 Å². The van der Waals surface area contributed by atoms with E-state index in [2.05, 4.69) is 9.78 Å². The number of unbranched alkanes of at least 4 members (excludes halogenated alkanes) is 1. The van der Waals surface area contributed by atoms with E-state index in [0.29, 0.717) is 12.8 Å². The van der Waals surface area contributed by atoms with Gasteiger partial charge in [0.15, 0.2) is 0 Å². The molecule has 0 bridgehead atoms. The van der Waals surface area contributed by atoms with Crippen LogP contribution in [0.2, 0.25) is 0 Å². The van der Waals surface area contributed by atoms with Gasteiger partial charge in [0.25, 0.3) is 0 Å². The molecule has 0 aromatic heterocycles. The molecule has 5 nitrogen and oxygen atoms in total. The molecule has 0 aliphatic heterocycles. The van der Waals surface area contributed by atoms with Gasteiger partial charge in [0, 0.05) is 12.8 Å². The molecule has 86 valence electrons. The van der Waals surface area contributed by atoms with E-state index in [1.54, 1.807) is 6.92 Å². The number of hydrogen-bond acceptors (Lipinski definition) is 5. The van der Waals surface area contributed by atoms with Crippen molar-refractivity contribution >= 4 is 17.7 Å². The fourth-order valence-electron chi connectivity index (χ4n) is 0.816. The van der Waals surface area contributed by atoms with Crippen LogP contribution in [0.3, 0.4) is 0 Å². The molecule has 5 heteroatoms. The Bertz CT molecular complexity index is 234. The number of hydrogen-bond donors (Lipinski definition) is 0. The fraction of sp³-hybridized carbons (Fsp3) is 0.700. The molecular weight excluding hydrogens is 200 g/mol. The van der Waals surface area contributed by atoms with Crippen LogP contribution >= 0.6 is 0 Å². The summed E-state index contributed by atoms with van der Waals surface area (Å²) >= 11 is 0. The number of rotatable bonds is 6. The molecular formula is C10H16O5. The summed E-state index contributed by atoms with van der Waals surface area (Å²) in [7, 11) is 0. The Morgan fingerprint density at radius 1 is 0.933 bits per heavy atom. The molecule has 0 aliphatic carbocycles. The summed E-state index contributed by atoms with van der Waals surface area (Å²) < 4.78 is 0. The van der Waals surface area contributed by atoms with E-state index in [9.17, 15) is 14.4 Å². The average Bonchev–Trinajstić information content (AvgIpc) is 2.22. The monoisotopic (exact) mass is 216 g/mol. The van der Waals surface area contributed by atoms with Gasteiger partial charge in [-0.15, -0.1) is 0 Å². The molecule has 0 heterocycles. The summed E-state index contributed by atoms with van der Waals surface area (Å²) in [6, 6.07) is 0. The quantitative estimate of drug-likeness (QED) is 0.382. The first-order valence-electron chi connectivity index (χ1n) is 5.06. The highest BCUT2D eigenvalue weighted by atomic mass is 17.2. The second-order valence-electron chi connectivity index (χ2n) is 3.10. The highest BCUT2D eigenvalue weighted by Gasteiger charge is 2.17. The molecule has 0 fully saturated rings. The molecule has 0 aromatic carbocycles. The van der Waals surface area contributed by atoms with Crippen LogP contribution in [-0.2, 0) is 24.2 Å². The topological polar surface area (TPSA) is 69.7 Å². The standard InChI is InChI=1S/C10H16O5/c1-3-5-7-8(11)10(13)15-14-9(12)6-4-2/h3-7H2,1-2H3. The molecule has 0 unspecified atom stereocenters. The second-order valence-corrected chi connectivity index (χ2v) is 3.10. The Morgan fingerprint density at radius 3 is 2.13 bits per heavy atom. The van der Waals surface area contributed by atoms with E-state index in [1.165, 1.54) is 0 Å². The van der Waals surface area contributed by atoms with Crippen LogP contribution in [0.15, 0.2) is 0 Å². The van der Waals surface area contributed by atoms with Crippen LogP contribution in [0.4, 0.5) is 0 Å². The molecule has 0 aliphatic rings. The van der Waals surface area contributed by atoms with E-state index in [1.807, 2.05) is 6.92 Å².